The van der Waals surface area contributed by atoms with E-state index in [0.29, 0.717) is 11.6 Å². The average Bonchev–Trinajstić information content (AvgIpc) is 2.71. The molecular formula is C18H15BrCl2O2. The third-order valence-corrected chi connectivity index (χ3v) is 7.19. The van der Waals surface area contributed by atoms with Crippen LogP contribution >= 0.6 is 39.1 Å². The molecule has 2 aromatic carbocycles. The molecule has 2 aliphatic rings. The van der Waals surface area contributed by atoms with Gasteiger partial charge in [-0.3, -0.25) is 0 Å². The van der Waals surface area contributed by atoms with E-state index in [9.17, 15) is 0 Å². The second-order valence-electron chi connectivity index (χ2n) is 6.42. The van der Waals surface area contributed by atoms with Gasteiger partial charge < -0.3 is 9.47 Å². The molecule has 2 aliphatic heterocycles. The van der Waals surface area contributed by atoms with E-state index >= 15 is 0 Å². The SMILES string of the molecule is Cc1cc2c(cc1Cl)C1(Br)COc3cc(C)c(Cl)cc3C1(C)O2. The molecule has 0 aromatic heterocycles. The summed E-state index contributed by atoms with van der Waals surface area (Å²) >= 11 is 16.6. The first-order valence-corrected chi connectivity index (χ1v) is 8.93. The van der Waals surface area contributed by atoms with Gasteiger partial charge in [0.1, 0.15) is 22.4 Å². The largest absolute Gasteiger partial charge is 0.491 e. The lowest BCUT2D eigenvalue weighted by Gasteiger charge is -2.43. The van der Waals surface area contributed by atoms with Crippen LogP contribution in [0.1, 0.15) is 29.2 Å². The van der Waals surface area contributed by atoms with Crippen LogP contribution in [0.25, 0.3) is 0 Å². The fraction of sp³-hybridized carbons (Fsp3) is 0.333. The highest BCUT2D eigenvalue weighted by Crippen LogP contribution is 2.62. The molecule has 0 N–H and O–H groups in total. The minimum Gasteiger partial charge on any atom is -0.491 e. The van der Waals surface area contributed by atoms with Crippen LogP contribution in [0.4, 0.5) is 0 Å². The number of alkyl halides is 1. The van der Waals surface area contributed by atoms with Gasteiger partial charge in [-0.25, -0.2) is 0 Å². The number of fused-ring (bicyclic) bond motifs is 5. The maximum Gasteiger partial charge on any atom is 0.158 e. The monoisotopic (exact) mass is 412 g/mol. The highest BCUT2D eigenvalue weighted by atomic mass is 79.9. The molecule has 2 unspecified atom stereocenters. The van der Waals surface area contributed by atoms with Crippen LogP contribution in [0, 0.1) is 13.8 Å². The average molecular weight is 414 g/mol. The van der Waals surface area contributed by atoms with E-state index in [2.05, 4.69) is 22.9 Å². The molecule has 0 spiro atoms. The highest BCUT2D eigenvalue weighted by Gasteiger charge is 2.61. The van der Waals surface area contributed by atoms with Gasteiger partial charge in [0, 0.05) is 21.2 Å². The summed E-state index contributed by atoms with van der Waals surface area (Å²) in [6.07, 6.45) is 0. The molecule has 2 atom stereocenters. The Hall–Kier alpha value is -0.900. The van der Waals surface area contributed by atoms with Crippen LogP contribution < -0.4 is 9.47 Å². The second kappa shape index (κ2) is 4.81. The lowest BCUT2D eigenvalue weighted by molar-refractivity contribution is 0.0305. The van der Waals surface area contributed by atoms with Crippen molar-refractivity contribution in [3.05, 3.63) is 56.6 Å². The zero-order valence-electron chi connectivity index (χ0n) is 13.0. The molecule has 120 valence electrons. The Morgan fingerprint density at radius 3 is 2.17 bits per heavy atom. The van der Waals surface area contributed by atoms with Gasteiger partial charge in [-0.15, -0.1) is 0 Å². The maximum atomic E-state index is 6.41. The summed E-state index contributed by atoms with van der Waals surface area (Å²) < 4.78 is 12.0. The van der Waals surface area contributed by atoms with Crippen molar-refractivity contribution < 1.29 is 9.47 Å². The van der Waals surface area contributed by atoms with Gasteiger partial charge in [0.2, 0.25) is 0 Å². The van der Waals surface area contributed by atoms with Gasteiger partial charge in [0.05, 0.1) is 0 Å². The Morgan fingerprint density at radius 2 is 1.52 bits per heavy atom. The molecule has 5 heteroatoms. The molecule has 23 heavy (non-hydrogen) atoms. The molecule has 0 amide bonds. The molecule has 0 fully saturated rings. The van der Waals surface area contributed by atoms with Crippen LogP contribution in [0.2, 0.25) is 10.0 Å². The lowest BCUT2D eigenvalue weighted by atomic mass is 9.78. The predicted octanol–water partition coefficient (Wildman–Crippen LogP) is 5.90. The van der Waals surface area contributed by atoms with Gasteiger partial charge in [-0.1, -0.05) is 39.1 Å². The zero-order chi connectivity index (χ0) is 16.6. The minimum atomic E-state index is -0.614. The molecule has 0 saturated heterocycles. The topological polar surface area (TPSA) is 18.5 Å². The summed E-state index contributed by atoms with van der Waals surface area (Å²) in [5.41, 5.74) is 3.33. The molecule has 4 rings (SSSR count). The third-order valence-electron chi connectivity index (χ3n) is 4.96. The first-order chi connectivity index (χ1) is 10.8. The molecule has 2 aromatic rings. The van der Waals surface area contributed by atoms with E-state index in [1.165, 1.54) is 0 Å². The Balaban J connectivity index is 1.97. The summed E-state index contributed by atoms with van der Waals surface area (Å²) in [4.78, 5) is 0. The maximum absolute atomic E-state index is 6.41. The van der Waals surface area contributed by atoms with Gasteiger partial charge in [0.25, 0.3) is 0 Å². The van der Waals surface area contributed by atoms with E-state index < -0.39 is 9.93 Å². The first kappa shape index (κ1) is 15.6. The fourth-order valence-corrected chi connectivity index (χ4v) is 4.46. The van der Waals surface area contributed by atoms with Crippen molar-refractivity contribution in [2.75, 3.05) is 6.61 Å². The van der Waals surface area contributed by atoms with Crippen molar-refractivity contribution in [1.82, 2.24) is 0 Å². The normalized spacial score (nSPS) is 27.6. The number of halogens is 3. The number of rotatable bonds is 0. The van der Waals surface area contributed by atoms with Crippen LogP contribution in [-0.4, -0.2) is 6.61 Å². The fourth-order valence-electron chi connectivity index (χ4n) is 3.42. The van der Waals surface area contributed by atoms with Crippen molar-refractivity contribution in [3.63, 3.8) is 0 Å². The van der Waals surface area contributed by atoms with E-state index in [1.54, 1.807) is 0 Å². The molecule has 2 heterocycles. The standard InChI is InChI=1S/C18H15BrCl2O2/c1-9-4-15-11(6-13(9)20)17(3)18(19,8-22-15)12-7-14(21)10(2)5-16(12)23-17/h4-7H,8H2,1-3H3. The van der Waals surface area contributed by atoms with Gasteiger partial charge in [-0.05, 0) is 56.2 Å². The molecule has 2 nitrogen and oxygen atoms in total. The van der Waals surface area contributed by atoms with Crippen LogP contribution in [-0.2, 0) is 9.93 Å². The lowest BCUT2D eigenvalue weighted by Crippen LogP contribution is -2.49. The first-order valence-electron chi connectivity index (χ1n) is 7.38. The van der Waals surface area contributed by atoms with Gasteiger partial charge in [0.15, 0.2) is 5.60 Å². The Kier molecular flexibility index (Phi) is 3.27. The van der Waals surface area contributed by atoms with Gasteiger partial charge >= 0.3 is 0 Å². The highest BCUT2D eigenvalue weighted by molar-refractivity contribution is 9.09. The molecule has 0 bridgehead atoms. The summed E-state index contributed by atoms with van der Waals surface area (Å²) in [6, 6.07) is 7.87. The predicted molar refractivity (Wildman–Crippen MR) is 96.5 cm³/mol. The van der Waals surface area contributed by atoms with E-state index in [1.807, 2.05) is 38.1 Å². The summed E-state index contributed by atoms with van der Waals surface area (Å²) in [5.74, 6) is 1.65. The van der Waals surface area contributed by atoms with Gasteiger partial charge in [-0.2, -0.15) is 0 Å². The number of hydrogen-bond acceptors (Lipinski definition) is 2. The van der Waals surface area contributed by atoms with E-state index in [0.717, 1.165) is 38.8 Å². The van der Waals surface area contributed by atoms with Crippen molar-refractivity contribution in [2.45, 2.75) is 30.7 Å². The quantitative estimate of drug-likeness (QED) is 0.500. The molecular weight excluding hydrogens is 399 g/mol. The van der Waals surface area contributed by atoms with E-state index in [4.69, 9.17) is 32.7 Å². The number of aryl methyl sites for hydroxylation is 2. The Bertz CT molecular complexity index is 851. The van der Waals surface area contributed by atoms with Crippen molar-refractivity contribution in [2.24, 2.45) is 0 Å². The van der Waals surface area contributed by atoms with Crippen molar-refractivity contribution >= 4 is 39.1 Å². The minimum absolute atomic E-state index is 0.462. The second-order valence-corrected chi connectivity index (χ2v) is 8.59. The number of ether oxygens (including phenoxy) is 2. The van der Waals surface area contributed by atoms with Crippen molar-refractivity contribution in [3.8, 4) is 11.5 Å². The number of benzene rings is 2. The third kappa shape index (κ3) is 1.93. The Morgan fingerprint density at radius 1 is 0.957 bits per heavy atom. The summed E-state index contributed by atoms with van der Waals surface area (Å²) in [7, 11) is 0. The molecule has 0 aliphatic carbocycles. The van der Waals surface area contributed by atoms with Crippen LogP contribution in [0.5, 0.6) is 11.5 Å². The smallest absolute Gasteiger partial charge is 0.158 e. The summed E-state index contributed by atoms with van der Waals surface area (Å²) in [5, 5.41) is 1.43. The molecule has 0 saturated carbocycles. The van der Waals surface area contributed by atoms with Crippen molar-refractivity contribution in [1.29, 1.82) is 0 Å². The molecule has 0 radical (unpaired) electrons. The van der Waals surface area contributed by atoms with E-state index in [-0.39, 0.29) is 0 Å². The summed E-state index contributed by atoms with van der Waals surface area (Å²) in [6.45, 7) is 6.47. The van der Waals surface area contributed by atoms with Crippen LogP contribution in [0.15, 0.2) is 24.3 Å². The number of hydrogen-bond donors (Lipinski definition) is 0. The van der Waals surface area contributed by atoms with Crippen LogP contribution in [0.3, 0.4) is 0 Å². The Labute approximate surface area is 153 Å². The zero-order valence-corrected chi connectivity index (χ0v) is 16.1.